The Morgan fingerprint density at radius 1 is 1.60 bits per heavy atom. The lowest BCUT2D eigenvalue weighted by Gasteiger charge is -2.16. The van der Waals surface area contributed by atoms with Crippen LogP contribution >= 0.6 is 7.75 Å². The van der Waals surface area contributed by atoms with E-state index in [1.54, 1.807) is 0 Å². The van der Waals surface area contributed by atoms with Gasteiger partial charge in [0.25, 0.3) is 5.56 Å². The molecule has 1 unspecified atom stereocenters. The number of aliphatic hydroxyl groups excluding tert-OH is 1. The van der Waals surface area contributed by atoms with Crippen molar-refractivity contribution in [3.8, 4) is 0 Å². The predicted molar refractivity (Wildman–Crippen MR) is 65.8 cm³/mol. The van der Waals surface area contributed by atoms with Crippen molar-refractivity contribution in [2.75, 3.05) is 6.61 Å². The second-order valence-electron chi connectivity index (χ2n) is 4.31. The van der Waals surface area contributed by atoms with Crippen molar-refractivity contribution < 1.29 is 23.8 Å². The summed E-state index contributed by atoms with van der Waals surface area (Å²) in [6.45, 7) is -0.389. The van der Waals surface area contributed by atoms with Gasteiger partial charge in [-0.3, -0.25) is 18.9 Å². The number of aromatic amines is 1. The van der Waals surface area contributed by atoms with Crippen LogP contribution in [0, 0.1) is 0 Å². The molecular formula is C9H14N3O7P. The fraction of sp³-hybridized carbons (Fsp3) is 0.556. The quantitative estimate of drug-likeness (QED) is 0.477. The normalized spacial score (nSPS) is 29.2. The SMILES string of the molecule is NP(=O)(O)OC[C@H]1O[C@@H](n2ccc(=O)[nH]c2=O)C[C@@H]1O. The molecule has 10 nitrogen and oxygen atoms in total. The molecule has 1 aromatic heterocycles. The largest absolute Gasteiger partial charge is 0.400 e. The number of hydrogen-bond acceptors (Lipinski definition) is 6. The van der Waals surface area contributed by atoms with Crippen LogP contribution < -0.4 is 16.8 Å². The average molecular weight is 307 g/mol. The molecule has 1 saturated heterocycles. The maximum atomic E-state index is 11.6. The molecule has 2 rings (SSSR count). The molecule has 1 aliphatic heterocycles. The summed E-state index contributed by atoms with van der Waals surface area (Å²) in [6, 6.07) is 1.14. The van der Waals surface area contributed by atoms with Crippen LogP contribution in [0.15, 0.2) is 21.9 Å². The van der Waals surface area contributed by atoms with E-state index in [0.29, 0.717) is 0 Å². The molecule has 20 heavy (non-hydrogen) atoms. The number of H-pyrrole nitrogens is 1. The fourth-order valence-corrected chi connectivity index (χ4v) is 2.23. The molecule has 1 aliphatic rings. The maximum absolute atomic E-state index is 11.6. The number of aliphatic hydroxyl groups is 1. The minimum absolute atomic E-state index is 0.0697. The van der Waals surface area contributed by atoms with Gasteiger partial charge in [0.15, 0.2) is 0 Å². The predicted octanol–water partition coefficient (Wildman–Crippen LogP) is -1.74. The molecule has 0 aromatic carbocycles. The van der Waals surface area contributed by atoms with E-state index in [2.05, 4.69) is 9.51 Å². The van der Waals surface area contributed by atoms with E-state index in [9.17, 15) is 19.3 Å². The van der Waals surface area contributed by atoms with Gasteiger partial charge in [-0.05, 0) is 0 Å². The van der Waals surface area contributed by atoms with Gasteiger partial charge in [-0.2, -0.15) is 0 Å². The summed E-state index contributed by atoms with van der Waals surface area (Å²) in [5.74, 6) is 0. The van der Waals surface area contributed by atoms with Crippen LogP contribution in [0.1, 0.15) is 12.6 Å². The number of rotatable bonds is 4. The molecule has 4 atom stereocenters. The number of ether oxygens (including phenoxy) is 1. The lowest BCUT2D eigenvalue weighted by Crippen LogP contribution is -2.31. The van der Waals surface area contributed by atoms with Crippen LogP contribution in [0.3, 0.4) is 0 Å². The Morgan fingerprint density at radius 3 is 2.90 bits per heavy atom. The van der Waals surface area contributed by atoms with E-state index in [0.717, 1.165) is 10.6 Å². The van der Waals surface area contributed by atoms with Gasteiger partial charge < -0.3 is 14.7 Å². The monoisotopic (exact) mass is 307 g/mol. The summed E-state index contributed by atoms with van der Waals surface area (Å²) >= 11 is 0. The van der Waals surface area contributed by atoms with E-state index in [-0.39, 0.29) is 13.0 Å². The van der Waals surface area contributed by atoms with Gasteiger partial charge in [-0.25, -0.2) is 14.9 Å². The Morgan fingerprint density at radius 2 is 2.30 bits per heavy atom. The Kier molecular flexibility index (Phi) is 4.23. The highest BCUT2D eigenvalue weighted by atomic mass is 31.2. The van der Waals surface area contributed by atoms with Crippen molar-refractivity contribution >= 4 is 7.75 Å². The summed E-state index contributed by atoms with van der Waals surface area (Å²) in [6.07, 6.45) is -1.39. The molecule has 1 fully saturated rings. The first-order valence-electron chi connectivity index (χ1n) is 5.67. The fourth-order valence-electron chi connectivity index (χ4n) is 1.87. The van der Waals surface area contributed by atoms with Crippen molar-refractivity contribution in [3.63, 3.8) is 0 Å². The smallest absolute Gasteiger partial charge is 0.390 e. The zero-order chi connectivity index (χ0) is 14.9. The van der Waals surface area contributed by atoms with E-state index in [1.165, 1.54) is 6.20 Å². The Hall–Kier alpha value is -1.29. The summed E-state index contributed by atoms with van der Waals surface area (Å²) in [4.78, 5) is 33.4. The van der Waals surface area contributed by atoms with E-state index >= 15 is 0 Å². The van der Waals surface area contributed by atoms with Gasteiger partial charge in [0.1, 0.15) is 12.3 Å². The van der Waals surface area contributed by atoms with Crippen molar-refractivity contribution in [3.05, 3.63) is 33.1 Å². The molecule has 0 radical (unpaired) electrons. The first-order chi connectivity index (χ1) is 9.26. The zero-order valence-electron chi connectivity index (χ0n) is 10.2. The third-order valence-electron chi connectivity index (χ3n) is 2.79. The van der Waals surface area contributed by atoms with Gasteiger partial charge in [0.2, 0.25) is 0 Å². The number of nitrogens with two attached hydrogens (primary N) is 1. The van der Waals surface area contributed by atoms with Gasteiger partial charge in [0.05, 0.1) is 12.7 Å². The standard InChI is InChI=1S/C9H14N3O7P/c10-20(16,17)18-4-6-5(13)3-8(19-6)12-2-1-7(14)11-9(12)15/h1-2,5-6,8,13H,3-4H2,(H3,10,16,17)(H,11,14,15)/t5-,6+,8+/m0/s1. The van der Waals surface area contributed by atoms with E-state index in [1.807, 2.05) is 0 Å². The zero-order valence-corrected chi connectivity index (χ0v) is 11.1. The average Bonchev–Trinajstić information content (AvgIpc) is 2.67. The van der Waals surface area contributed by atoms with Crippen LogP contribution in [-0.2, 0) is 13.8 Å². The summed E-state index contributed by atoms with van der Waals surface area (Å²) in [5.41, 5.74) is 3.58. The third-order valence-corrected chi connectivity index (χ3v) is 3.31. The van der Waals surface area contributed by atoms with Gasteiger partial charge in [0, 0.05) is 18.7 Å². The molecule has 1 aromatic rings. The highest BCUT2D eigenvalue weighted by molar-refractivity contribution is 7.50. The minimum Gasteiger partial charge on any atom is -0.390 e. The van der Waals surface area contributed by atoms with Crippen LogP contribution in [0.5, 0.6) is 0 Å². The Balaban J connectivity index is 2.08. The number of aromatic nitrogens is 2. The second kappa shape index (κ2) is 5.60. The topological polar surface area (TPSA) is 157 Å². The van der Waals surface area contributed by atoms with Gasteiger partial charge in [-0.15, -0.1) is 0 Å². The molecule has 0 amide bonds. The molecular weight excluding hydrogens is 293 g/mol. The van der Waals surface area contributed by atoms with Crippen LogP contribution in [0.25, 0.3) is 0 Å². The first-order valence-corrected chi connectivity index (χ1v) is 7.32. The Bertz CT molecular complexity index is 635. The lowest BCUT2D eigenvalue weighted by molar-refractivity contribution is -0.0424. The number of nitrogens with zero attached hydrogens (tertiary/aromatic N) is 1. The van der Waals surface area contributed by atoms with Crippen molar-refractivity contribution in [1.82, 2.24) is 9.55 Å². The maximum Gasteiger partial charge on any atom is 0.400 e. The minimum atomic E-state index is -4.16. The van der Waals surface area contributed by atoms with Gasteiger partial charge in [-0.1, -0.05) is 0 Å². The molecule has 0 aliphatic carbocycles. The molecule has 2 heterocycles. The highest BCUT2D eigenvalue weighted by Crippen LogP contribution is 2.34. The van der Waals surface area contributed by atoms with Crippen LogP contribution in [-0.4, -0.2) is 38.4 Å². The van der Waals surface area contributed by atoms with E-state index < -0.39 is 37.4 Å². The molecule has 0 spiro atoms. The number of nitrogens with one attached hydrogen (secondary N) is 1. The Labute approximate surface area is 112 Å². The van der Waals surface area contributed by atoms with Crippen molar-refractivity contribution in [1.29, 1.82) is 0 Å². The highest BCUT2D eigenvalue weighted by Gasteiger charge is 2.36. The summed E-state index contributed by atoms with van der Waals surface area (Å²) < 4.78 is 21.7. The first kappa shape index (κ1) is 15.1. The molecule has 0 bridgehead atoms. The summed E-state index contributed by atoms with van der Waals surface area (Å²) in [5, 5.41) is 9.76. The van der Waals surface area contributed by atoms with Gasteiger partial charge >= 0.3 is 13.4 Å². The molecule has 5 N–H and O–H groups in total. The lowest BCUT2D eigenvalue weighted by atomic mass is 10.2. The molecule has 0 saturated carbocycles. The second-order valence-corrected chi connectivity index (χ2v) is 5.70. The van der Waals surface area contributed by atoms with Crippen molar-refractivity contribution in [2.45, 2.75) is 24.9 Å². The third kappa shape index (κ3) is 3.63. The molecule has 11 heteroatoms. The van der Waals surface area contributed by atoms with E-state index in [4.69, 9.17) is 15.1 Å². The van der Waals surface area contributed by atoms with Crippen LogP contribution in [0.4, 0.5) is 0 Å². The molecule has 112 valence electrons. The van der Waals surface area contributed by atoms with Crippen LogP contribution in [0.2, 0.25) is 0 Å². The van der Waals surface area contributed by atoms with Crippen molar-refractivity contribution in [2.24, 2.45) is 5.50 Å². The number of hydrogen-bond donors (Lipinski definition) is 4. The summed E-state index contributed by atoms with van der Waals surface area (Å²) in [7, 11) is -4.16.